The van der Waals surface area contributed by atoms with E-state index in [1.54, 1.807) is 30.0 Å². The number of aromatic amines is 1. The molecule has 0 bridgehead atoms. The van der Waals surface area contributed by atoms with Crippen LogP contribution in [0, 0.1) is 5.82 Å². The number of methoxy groups -OCH3 is 1. The van der Waals surface area contributed by atoms with Crippen LogP contribution in [0.15, 0.2) is 71.9 Å². The molecule has 0 spiro atoms. The van der Waals surface area contributed by atoms with Crippen LogP contribution in [-0.4, -0.2) is 49.1 Å². The number of nitrogens with one attached hydrogen (secondary N) is 2. The molecule has 1 amide bonds. The van der Waals surface area contributed by atoms with Gasteiger partial charge in [0.1, 0.15) is 29.0 Å². The van der Waals surface area contributed by atoms with Crippen molar-refractivity contribution in [3.63, 3.8) is 0 Å². The molecule has 5 rings (SSSR count). The molecule has 3 aromatic heterocycles. The van der Waals surface area contributed by atoms with E-state index in [1.165, 1.54) is 29.2 Å². The number of H-pyrrole nitrogens is 1. The number of carbonyl (C=O) groups is 1. The number of rotatable bonds is 8. The van der Waals surface area contributed by atoms with Gasteiger partial charge in [-0.15, -0.1) is 0 Å². The van der Waals surface area contributed by atoms with Crippen LogP contribution < -0.4 is 15.6 Å². The van der Waals surface area contributed by atoms with E-state index in [-0.39, 0.29) is 30.4 Å². The van der Waals surface area contributed by atoms with Crippen LogP contribution in [0.4, 0.5) is 4.39 Å². The molecule has 2 N–H and O–H groups in total. The minimum absolute atomic E-state index is 0.248. The second-order valence-electron chi connectivity index (χ2n) is 8.06. The molecule has 2 aromatic carbocycles. The lowest BCUT2D eigenvalue weighted by Crippen LogP contribution is -2.28. The van der Waals surface area contributed by atoms with Crippen LogP contribution in [0.2, 0.25) is 0 Å². The molecular formula is C25H22FN7O3. The highest BCUT2D eigenvalue weighted by Gasteiger charge is 2.13. The largest absolute Gasteiger partial charge is 0.497 e. The number of amides is 1. The Morgan fingerprint density at radius 1 is 1.17 bits per heavy atom. The van der Waals surface area contributed by atoms with Gasteiger partial charge in [0.25, 0.3) is 11.5 Å². The number of nitrogens with zero attached hydrogens (tertiary/aromatic N) is 5. The maximum Gasteiger partial charge on any atom is 0.269 e. The summed E-state index contributed by atoms with van der Waals surface area (Å²) >= 11 is 0. The van der Waals surface area contributed by atoms with Crippen molar-refractivity contribution in [3.05, 3.63) is 94.5 Å². The summed E-state index contributed by atoms with van der Waals surface area (Å²) in [6, 6.07) is 15.0. The summed E-state index contributed by atoms with van der Waals surface area (Å²) in [6.07, 6.45) is 2.90. The summed E-state index contributed by atoms with van der Waals surface area (Å²) in [5.41, 5.74) is 2.72. The predicted octanol–water partition coefficient (Wildman–Crippen LogP) is 2.61. The predicted molar refractivity (Wildman–Crippen MR) is 130 cm³/mol. The number of fused-ring (bicyclic) bond motifs is 1. The minimum atomic E-state index is -0.335. The fourth-order valence-electron chi connectivity index (χ4n) is 3.80. The monoisotopic (exact) mass is 487 g/mol. The Morgan fingerprint density at radius 3 is 2.81 bits per heavy atom. The van der Waals surface area contributed by atoms with Crippen molar-refractivity contribution in [2.75, 3.05) is 13.7 Å². The van der Waals surface area contributed by atoms with E-state index in [9.17, 15) is 14.0 Å². The lowest BCUT2D eigenvalue weighted by molar-refractivity contribution is 0.0947. The maximum absolute atomic E-state index is 13.1. The summed E-state index contributed by atoms with van der Waals surface area (Å²) in [4.78, 5) is 29.8. The Labute approximate surface area is 204 Å². The Balaban J connectivity index is 1.23. The third-order valence-corrected chi connectivity index (χ3v) is 5.69. The van der Waals surface area contributed by atoms with Gasteiger partial charge in [0.2, 0.25) is 0 Å². The van der Waals surface area contributed by atoms with E-state index < -0.39 is 0 Å². The number of ether oxygens (including phenoxy) is 1. The van der Waals surface area contributed by atoms with Crippen LogP contribution in [0.3, 0.4) is 0 Å². The van der Waals surface area contributed by atoms with Crippen molar-refractivity contribution >= 4 is 16.9 Å². The quantitative estimate of drug-likeness (QED) is 0.347. The first-order chi connectivity index (χ1) is 17.5. The molecule has 36 heavy (non-hydrogen) atoms. The van der Waals surface area contributed by atoms with Crippen molar-refractivity contribution in [2.45, 2.75) is 13.1 Å². The molecule has 0 saturated heterocycles. The van der Waals surface area contributed by atoms with Crippen LogP contribution in [0.1, 0.15) is 16.1 Å². The fourth-order valence-corrected chi connectivity index (χ4v) is 3.80. The molecular weight excluding hydrogens is 465 g/mol. The first-order valence-electron chi connectivity index (χ1n) is 11.2. The first-order valence-corrected chi connectivity index (χ1v) is 11.2. The first kappa shape index (κ1) is 23.0. The standard InChI is InChI=1S/C25H22FN7O3/c1-36-19-4-2-3-17(11-19)21-12-22(31-30-21)24(34)27-9-10-33-23-20(13-29-33)25(35)32(15-28-23)14-16-5-7-18(26)8-6-16/h2-8,11-13,15H,9-10,14H2,1H3,(H,27,34)(H,30,31). The Morgan fingerprint density at radius 2 is 2.00 bits per heavy atom. The number of hydrogen-bond acceptors (Lipinski definition) is 6. The minimum Gasteiger partial charge on any atom is -0.497 e. The molecule has 10 nitrogen and oxygen atoms in total. The van der Waals surface area contributed by atoms with E-state index in [0.29, 0.717) is 34.7 Å². The van der Waals surface area contributed by atoms with E-state index in [1.807, 2.05) is 24.3 Å². The number of aromatic nitrogens is 6. The van der Waals surface area contributed by atoms with Crippen LogP contribution in [0.5, 0.6) is 5.75 Å². The molecule has 0 aliphatic carbocycles. The van der Waals surface area contributed by atoms with E-state index >= 15 is 0 Å². The molecule has 0 fully saturated rings. The normalized spacial score (nSPS) is 11.1. The third-order valence-electron chi connectivity index (χ3n) is 5.69. The van der Waals surface area contributed by atoms with Gasteiger partial charge in [-0.25, -0.2) is 14.1 Å². The van der Waals surface area contributed by atoms with Crippen molar-refractivity contribution in [2.24, 2.45) is 0 Å². The molecule has 5 aromatic rings. The number of carbonyl (C=O) groups excluding carboxylic acids is 1. The average molecular weight is 487 g/mol. The molecule has 0 aliphatic rings. The molecule has 0 atom stereocenters. The number of benzene rings is 2. The van der Waals surface area contributed by atoms with Gasteiger partial charge < -0.3 is 10.1 Å². The lowest BCUT2D eigenvalue weighted by atomic mass is 10.1. The van der Waals surface area contributed by atoms with Gasteiger partial charge in [-0.05, 0) is 35.9 Å². The molecule has 0 unspecified atom stereocenters. The van der Waals surface area contributed by atoms with Crippen LogP contribution >= 0.6 is 0 Å². The number of hydrogen-bond donors (Lipinski definition) is 2. The maximum atomic E-state index is 13.1. The smallest absolute Gasteiger partial charge is 0.269 e. The Kier molecular flexibility index (Phi) is 6.27. The van der Waals surface area contributed by atoms with Crippen LogP contribution in [-0.2, 0) is 13.1 Å². The molecule has 0 radical (unpaired) electrons. The molecule has 182 valence electrons. The summed E-state index contributed by atoms with van der Waals surface area (Å²) in [5, 5.41) is 14.4. The topological polar surface area (TPSA) is 120 Å². The highest BCUT2D eigenvalue weighted by atomic mass is 19.1. The summed E-state index contributed by atoms with van der Waals surface area (Å²) in [6.45, 7) is 0.856. The van der Waals surface area contributed by atoms with Gasteiger partial charge in [-0.2, -0.15) is 10.2 Å². The zero-order chi connectivity index (χ0) is 25.1. The van der Waals surface area contributed by atoms with Gasteiger partial charge >= 0.3 is 0 Å². The SMILES string of the molecule is COc1cccc(-c2cc(C(=O)NCCn3ncc4c(=O)n(Cc5ccc(F)cc5)cnc43)[nH]n2)c1. The Bertz CT molecular complexity index is 1590. The van der Waals surface area contributed by atoms with Gasteiger partial charge in [0.15, 0.2) is 5.65 Å². The van der Waals surface area contributed by atoms with Gasteiger partial charge in [0, 0.05) is 12.1 Å². The summed E-state index contributed by atoms with van der Waals surface area (Å²) in [5.74, 6) is 0.0457. The van der Waals surface area contributed by atoms with Gasteiger partial charge in [-0.1, -0.05) is 24.3 Å². The Hall–Kier alpha value is -4.80. The lowest BCUT2D eigenvalue weighted by Gasteiger charge is -2.07. The van der Waals surface area contributed by atoms with Crippen molar-refractivity contribution < 1.29 is 13.9 Å². The zero-order valence-electron chi connectivity index (χ0n) is 19.3. The van der Waals surface area contributed by atoms with E-state index in [4.69, 9.17) is 4.74 Å². The van der Waals surface area contributed by atoms with E-state index in [2.05, 4.69) is 25.6 Å². The summed E-state index contributed by atoms with van der Waals surface area (Å²) < 4.78 is 21.4. The third kappa shape index (κ3) is 4.71. The van der Waals surface area contributed by atoms with E-state index in [0.717, 1.165) is 11.1 Å². The zero-order valence-corrected chi connectivity index (χ0v) is 19.3. The van der Waals surface area contributed by atoms with Crippen LogP contribution in [0.25, 0.3) is 22.3 Å². The molecule has 0 saturated carbocycles. The van der Waals surface area contributed by atoms with Crippen molar-refractivity contribution in [3.8, 4) is 17.0 Å². The number of halogens is 1. The highest BCUT2D eigenvalue weighted by molar-refractivity contribution is 5.93. The van der Waals surface area contributed by atoms with Crippen molar-refractivity contribution in [1.82, 2.24) is 34.8 Å². The van der Waals surface area contributed by atoms with Crippen molar-refractivity contribution in [1.29, 1.82) is 0 Å². The molecule has 0 aliphatic heterocycles. The summed E-state index contributed by atoms with van der Waals surface area (Å²) in [7, 11) is 1.59. The molecule has 3 heterocycles. The highest BCUT2D eigenvalue weighted by Crippen LogP contribution is 2.22. The average Bonchev–Trinajstić information content (AvgIpc) is 3.55. The fraction of sp³-hybridized carbons (Fsp3) is 0.160. The second-order valence-corrected chi connectivity index (χ2v) is 8.06. The van der Waals surface area contributed by atoms with Gasteiger partial charge in [-0.3, -0.25) is 19.3 Å². The van der Waals surface area contributed by atoms with Gasteiger partial charge in [0.05, 0.1) is 32.1 Å². The molecule has 11 heteroatoms. The second kappa shape index (κ2) is 9.82.